The standard InChI is InChI=1S/C39H33ClN2O6/c1-2-22-11-13-25(14-12-22)41-35(44)29-17-16-28-30(33(29)37(41)46)20-31-36(45)42(26-10-6-9-24(40)19-26)38(47)39(31,23-7-4-3-5-8-23)34(28)32-18-15-27(21-43)48-32/h3-16,18-19,29-31,33-34,43H,2,17,20-21H2,1H3. The lowest BCUT2D eigenvalue weighted by atomic mass is 9.50. The van der Waals surface area contributed by atoms with Crippen molar-refractivity contribution in [2.75, 3.05) is 9.80 Å². The quantitative estimate of drug-likeness (QED) is 0.191. The van der Waals surface area contributed by atoms with Crippen LogP contribution < -0.4 is 9.80 Å². The van der Waals surface area contributed by atoms with E-state index in [1.165, 1.54) is 9.80 Å². The largest absolute Gasteiger partial charge is 0.463 e. The number of benzene rings is 3. The highest BCUT2D eigenvalue weighted by atomic mass is 35.5. The van der Waals surface area contributed by atoms with Crippen molar-refractivity contribution in [1.29, 1.82) is 0 Å². The van der Waals surface area contributed by atoms with Gasteiger partial charge in [-0.15, -0.1) is 0 Å². The van der Waals surface area contributed by atoms with E-state index in [2.05, 4.69) is 0 Å². The molecule has 8 rings (SSSR count). The molecule has 2 aliphatic heterocycles. The van der Waals surface area contributed by atoms with Gasteiger partial charge in [0.15, 0.2) is 0 Å². The van der Waals surface area contributed by atoms with E-state index in [9.17, 15) is 19.5 Å². The van der Waals surface area contributed by atoms with Gasteiger partial charge in [-0.3, -0.25) is 24.1 Å². The van der Waals surface area contributed by atoms with Crippen LogP contribution in [-0.2, 0) is 37.6 Å². The Hall–Kier alpha value is -4.79. The molecule has 4 aromatic rings. The number of amides is 4. The number of anilines is 2. The molecular weight excluding hydrogens is 628 g/mol. The van der Waals surface area contributed by atoms with Crippen molar-refractivity contribution in [3.05, 3.63) is 130 Å². The summed E-state index contributed by atoms with van der Waals surface area (Å²) in [7, 11) is 0. The second kappa shape index (κ2) is 11.4. The van der Waals surface area contributed by atoms with E-state index in [0.717, 1.165) is 17.6 Å². The number of aliphatic hydroxyl groups excluding tert-OH is 1. The lowest BCUT2D eigenvalue weighted by Gasteiger charge is -2.49. The Morgan fingerprint density at radius 2 is 1.60 bits per heavy atom. The summed E-state index contributed by atoms with van der Waals surface area (Å²) < 4.78 is 6.23. The van der Waals surface area contributed by atoms with Crippen LogP contribution in [0.25, 0.3) is 0 Å². The molecule has 9 heteroatoms. The monoisotopic (exact) mass is 660 g/mol. The zero-order valence-electron chi connectivity index (χ0n) is 26.2. The van der Waals surface area contributed by atoms with E-state index >= 15 is 4.79 Å². The number of hydrogen-bond acceptors (Lipinski definition) is 6. The van der Waals surface area contributed by atoms with Crippen molar-refractivity contribution in [2.45, 2.75) is 44.1 Å². The summed E-state index contributed by atoms with van der Waals surface area (Å²) in [6.07, 6.45) is 3.32. The summed E-state index contributed by atoms with van der Waals surface area (Å²) in [6.45, 7) is 1.70. The molecule has 48 heavy (non-hydrogen) atoms. The van der Waals surface area contributed by atoms with Gasteiger partial charge in [0.25, 0.3) is 0 Å². The van der Waals surface area contributed by atoms with Gasteiger partial charge in [0.1, 0.15) is 23.5 Å². The van der Waals surface area contributed by atoms with E-state index in [1.54, 1.807) is 36.4 Å². The third-order valence-corrected chi connectivity index (χ3v) is 11.1. The summed E-state index contributed by atoms with van der Waals surface area (Å²) >= 11 is 6.37. The predicted molar refractivity (Wildman–Crippen MR) is 179 cm³/mol. The first-order chi connectivity index (χ1) is 23.3. The Bertz CT molecular complexity index is 2000. The van der Waals surface area contributed by atoms with Crippen molar-refractivity contribution in [3.8, 4) is 0 Å². The molecule has 1 saturated carbocycles. The topological polar surface area (TPSA) is 108 Å². The van der Waals surface area contributed by atoms with Gasteiger partial charge < -0.3 is 9.52 Å². The normalized spacial score (nSPS) is 28.0. The van der Waals surface area contributed by atoms with E-state index in [1.807, 2.05) is 67.6 Å². The molecule has 2 aliphatic carbocycles. The van der Waals surface area contributed by atoms with Gasteiger partial charge in [-0.05, 0) is 78.8 Å². The minimum atomic E-state index is -1.43. The average Bonchev–Trinajstić information content (AvgIpc) is 3.75. The van der Waals surface area contributed by atoms with Crippen molar-refractivity contribution in [2.24, 2.45) is 23.7 Å². The Morgan fingerprint density at radius 1 is 0.833 bits per heavy atom. The van der Waals surface area contributed by atoms with Crippen molar-refractivity contribution < 1.29 is 28.7 Å². The fraction of sp³-hybridized carbons (Fsp3) is 0.282. The highest BCUT2D eigenvalue weighted by molar-refractivity contribution is 6.32. The minimum Gasteiger partial charge on any atom is -0.463 e. The summed E-state index contributed by atoms with van der Waals surface area (Å²) in [5, 5.41) is 10.4. The van der Waals surface area contributed by atoms with Crippen molar-refractivity contribution in [1.82, 2.24) is 0 Å². The smallest absolute Gasteiger partial charge is 0.246 e. The highest BCUT2D eigenvalue weighted by Crippen LogP contribution is 2.64. The number of rotatable bonds is 6. The molecule has 4 aliphatic rings. The molecular formula is C39H33ClN2O6. The molecule has 0 radical (unpaired) electrons. The van der Waals surface area contributed by atoms with Crippen LogP contribution in [0.3, 0.4) is 0 Å². The summed E-state index contributed by atoms with van der Waals surface area (Å²) in [5.74, 6) is -4.11. The fourth-order valence-electron chi connectivity index (χ4n) is 8.82. The van der Waals surface area contributed by atoms with Gasteiger partial charge in [-0.1, -0.05) is 78.7 Å². The van der Waals surface area contributed by atoms with Crippen LogP contribution in [0.2, 0.25) is 5.02 Å². The van der Waals surface area contributed by atoms with Crippen LogP contribution in [0.5, 0.6) is 0 Å². The van der Waals surface area contributed by atoms with Crippen molar-refractivity contribution in [3.63, 3.8) is 0 Å². The lowest BCUT2D eigenvalue weighted by Crippen LogP contribution is -2.53. The van der Waals surface area contributed by atoms with Gasteiger partial charge >= 0.3 is 0 Å². The van der Waals surface area contributed by atoms with Gasteiger partial charge in [0.05, 0.1) is 35.0 Å². The summed E-state index contributed by atoms with van der Waals surface area (Å²) in [5.41, 5.74) is 2.01. The van der Waals surface area contributed by atoms with Crippen LogP contribution in [0.15, 0.2) is 107 Å². The number of nitrogens with zero attached hydrogens (tertiary/aromatic N) is 2. The van der Waals surface area contributed by atoms with E-state index in [-0.39, 0.29) is 24.8 Å². The lowest BCUT2D eigenvalue weighted by molar-refractivity contribution is -0.127. The first-order valence-electron chi connectivity index (χ1n) is 16.3. The minimum absolute atomic E-state index is 0.190. The van der Waals surface area contributed by atoms with Crippen LogP contribution in [0.4, 0.5) is 11.4 Å². The zero-order valence-corrected chi connectivity index (χ0v) is 27.0. The number of furan rings is 1. The molecule has 4 amide bonds. The van der Waals surface area contributed by atoms with Gasteiger partial charge in [-0.25, -0.2) is 4.90 Å². The second-order valence-corrected chi connectivity index (χ2v) is 13.5. The predicted octanol–water partition coefficient (Wildman–Crippen LogP) is 6.35. The van der Waals surface area contributed by atoms with E-state index in [4.69, 9.17) is 16.0 Å². The summed E-state index contributed by atoms with van der Waals surface area (Å²) in [4.78, 5) is 60.8. The van der Waals surface area contributed by atoms with E-state index in [0.29, 0.717) is 39.9 Å². The zero-order chi connectivity index (χ0) is 33.3. The SMILES string of the molecule is CCc1ccc(N2C(=O)C3CC=C4C(CC5C(=O)N(c6cccc(Cl)c6)C(=O)C5(c5ccccc5)C4c4ccc(CO)o4)C3C2=O)cc1. The second-order valence-electron chi connectivity index (χ2n) is 13.1. The summed E-state index contributed by atoms with van der Waals surface area (Å²) in [6, 6.07) is 26.8. The van der Waals surface area contributed by atoms with Gasteiger partial charge in [0.2, 0.25) is 23.6 Å². The Morgan fingerprint density at radius 3 is 2.29 bits per heavy atom. The first kappa shape index (κ1) is 30.5. The Labute approximate surface area is 282 Å². The molecule has 6 atom stereocenters. The highest BCUT2D eigenvalue weighted by Gasteiger charge is 2.71. The number of imide groups is 2. The average molecular weight is 661 g/mol. The van der Waals surface area contributed by atoms with Crippen molar-refractivity contribution >= 4 is 46.6 Å². The molecule has 6 unspecified atom stereocenters. The molecule has 3 heterocycles. The Kier molecular flexibility index (Phi) is 7.27. The molecule has 1 aromatic heterocycles. The number of fused-ring (bicyclic) bond motifs is 4. The molecule has 0 bridgehead atoms. The molecule has 8 nitrogen and oxygen atoms in total. The molecule has 242 valence electrons. The third-order valence-electron chi connectivity index (χ3n) is 10.9. The molecule has 3 fully saturated rings. The number of allylic oxidation sites excluding steroid dienone is 2. The molecule has 0 spiro atoms. The number of carbonyl (C=O) groups is 4. The van der Waals surface area contributed by atoms with Crippen LogP contribution in [0.1, 0.15) is 48.3 Å². The molecule has 2 saturated heterocycles. The van der Waals surface area contributed by atoms with Crippen LogP contribution >= 0.6 is 11.6 Å². The maximum atomic E-state index is 15.2. The number of aryl methyl sites for hydroxylation is 1. The van der Waals surface area contributed by atoms with Gasteiger partial charge in [-0.2, -0.15) is 0 Å². The molecule has 1 N–H and O–H groups in total. The maximum Gasteiger partial charge on any atom is 0.246 e. The number of hydrogen-bond donors (Lipinski definition) is 1. The van der Waals surface area contributed by atoms with Gasteiger partial charge in [0, 0.05) is 5.02 Å². The van der Waals surface area contributed by atoms with E-state index < -0.39 is 46.8 Å². The number of aliphatic hydroxyl groups is 1. The Balaban J connectivity index is 1.32. The van der Waals surface area contributed by atoms with Crippen LogP contribution in [-0.4, -0.2) is 28.7 Å². The number of halogens is 1. The maximum absolute atomic E-state index is 15.2. The number of carbonyl (C=O) groups excluding carboxylic acids is 4. The molecule has 3 aromatic carbocycles. The van der Waals surface area contributed by atoms with Crippen LogP contribution in [0, 0.1) is 23.7 Å². The fourth-order valence-corrected chi connectivity index (χ4v) is 9.01. The first-order valence-corrected chi connectivity index (χ1v) is 16.7. The third kappa shape index (κ3) is 4.25.